The third-order valence-electron chi connectivity index (χ3n) is 4.88. The summed E-state index contributed by atoms with van der Waals surface area (Å²) in [6, 6.07) is 9.41. The van der Waals surface area contributed by atoms with Crippen molar-refractivity contribution in [3.63, 3.8) is 0 Å². The largest absolute Gasteiger partial charge is 0.444 e. The SMILES string of the molecule is O=C(Nc1ccc(Cl)cn1)C1CCCN(Cc2coc(-c3ccc(F)cc3)n2)C1. The van der Waals surface area contributed by atoms with E-state index >= 15 is 0 Å². The van der Waals surface area contributed by atoms with Gasteiger partial charge in [0.05, 0.1) is 16.6 Å². The van der Waals surface area contributed by atoms with Gasteiger partial charge in [-0.1, -0.05) is 11.6 Å². The van der Waals surface area contributed by atoms with Crippen LogP contribution in [0.4, 0.5) is 10.2 Å². The number of oxazole rings is 1. The number of nitrogens with one attached hydrogen (secondary N) is 1. The first-order chi connectivity index (χ1) is 14.1. The van der Waals surface area contributed by atoms with E-state index < -0.39 is 0 Å². The number of halogens is 2. The van der Waals surface area contributed by atoms with Crippen molar-refractivity contribution >= 4 is 23.3 Å². The van der Waals surface area contributed by atoms with E-state index in [4.69, 9.17) is 16.0 Å². The van der Waals surface area contributed by atoms with Gasteiger partial charge in [0.1, 0.15) is 17.9 Å². The molecule has 1 aliphatic rings. The number of rotatable bonds is 5. The maximum Gasteiger partial charge on any atom is 0.229 e. The number of piperidine rings is 1. The number of benzene rings is 1. The highest BCUT2D eigenvalue weighted by Gasteiger charge is 2.26. The molecular weight excluding hydrogens is 395 g/mol. The molecular formula is C21H20ClFN4O2. The number of anilines is 1. The molecule has 0 radical (unpaired) electrons. The fourth-order valence-electron chi connectivity index (χ4n) is 3.42. The van der Waals surface area contributed by atoms with Crippen LogP contribution in [0.1, 0.15) is 18.5 Å². The second-order valence-corrected chi connectivity index (χ2v) is 7.51. The quantitative estimate of drug-likeness (QED) is 0.670. The maximum atomic E-state index is 13.1. The lowest BCUT2D eigenvalue weighted by molar-refractivity contribution is -0.121. The predicted octanol–water partition coefficient (Wildman–Crippen LogP) is 4.38. The minimum absolute atomic E-state index is 0.0447. The van der Waals surface area contributed by atoms with Crippen LogP contribution in [0.3, 0.4) is 0 Å². The van der Waals surface area contributed by atoms with Gasteiger partial charge in [0.2, 0.25) is 11.8 Å². The van der Waals surface area contributed by atoms with Crippen molar-refractivity contribution in [2.24, 2.45) is 5.92 Å². The Kier molecular flexibility index (Phi) is 5.87. The summed E-state index contributed by atoms with van der Waals surface area (Å²) in [6.07, 6.45) is 4.87. The number of nitrogens with zero attached hydrogens (tertiary/aromatic N) is 3. The first-order valence-electron chi connectivity index (χ1n) is 9.42. The van der Waals surface area contributed by atoms with Gasteiger partial charge in [0, 0.05) is 24.8 Å². The Morgan fingerprint density at radius 2 is 2.10 bits per heavy atom. The number of hydrogen-bond acceptors (Lipinski definition) is 5. The Morgan fingerprint density at radius 1 is 1.28 bits per heavy atom. The molecule has 1 fully saturated rings. The van der Waals surface area contributed by atoms with E-state index in [9.17, 15) is 9.18 Å². The van der Waals surface area contributed by atoms with Crippen LogP contribution >= 0.6 is 11.6 Å². The van der Waals surface area contributed by atoms with Gasteiger partial charge in [-0.25, -0.2) is 14.4 Å². The van der Waals surface area contributed by atoms with Crippen LogP contribution in [-0.4, -0.2) is 33.9 Å². The van der Waals surface area contributed by atoms with Gasteiger partial charge in [0.25, 0.3) is 0 Å². The van der Waals surface area contributed by atoms with Crippen molar-refractivity contribution in [1.82, 2.24) is 14.9 Å². The Labute approximate surface area is 172 Å². The molecule has 150 valence electrons. The zero-order valence-corrected chi connectivity index (χ0v) is 16.4. The average Bonchev–Trinajstić information content (AvgIpc) is 3.19. The highest BCUT2D eigenvalue weighted by Crippen LogP contribution is 2.23. The topological polar surface area (TPSA) is 71.3 Å². The van der Waals surface area contributed by atoms with Crippen LogP contribution in [0.25, 0.3) is 11.5 Å². The molecule has 2 aromatic heterocycles. The molecule has 0 spiro atoms. The molecule has 0 aliphatic carbocycles. The Hall–Kier alpha value is -2.77. The number of likely N-dealkylation sites (tertiary alicyclic amines) is 1. The fraction of sp³-hybridized carbons (Fsp3) is 0.286. The summed E-state index contributed by atoms with van der Waals surface area (Å²) in [4.78, 5) is 23.4. The number of amides is 1. The minimum Gasteiger partial charge on any atom is -0.444 e. The lowest BCUT2D eigenvalue weighted by Gasteiger charge is -2.31. The van der Waals surface area contributed by atoms with E-state index in [-0.39, 0.29) is 17.6 Å². The molecule has 0 saturated carbocycles. The molecule has 1 saturated heterocycles. The molecule has 1 aromatic carbocycles. The van der Waals surface area contributed by atoms with Gasteiger partial charge in [0.15, 0.2) is 0 Å². The molecule has 6 nitrogen and oxygen atoms in total. The Balaban J connectivity index is 1.35. The van der Waals surface area contributed by atoms with Gasteiger partial charge in [-0.2, -0.15) is 0 Å². The summed E-state index contributed by atoms with van der Waals surface area (Å²) < 4.78 is 18.6. The standard InChI is InChI=1S/C21H20ClFN4O2/c22-16-5-8-19(24-10-16)26-20(28)15-2-1-9-27(11-15)12-18-13-29-21(25-18)14-3-6-17(23)7-4-14/h3-8,10,13,15H,1-2,9,11-12H2,(H,24,26,28). The fourth-order valence-corrected chi connectivity index (χ4v) is 3.54. The van der Waals surface area contributed by atoms with Crippen molar-refractivity contribution in [2.75, 3.05) is 18.4 Å². The van der Waals surface area contributed by atoms with Gasteiger partial charge in [-0.05, 0) is 55.8 Å². The van der Waals surface area contributed by atoms with E-state index in [1.54, 1.807) is 30.5 Å². The van der Waals surface area contributed by atoms with Crippen molar-refractivity contribution in [3.05, 3.63) is 65.4 Å². The molecule has 1 amide bonds. The molecule has 1 atom stereocenters. The zero-order chi connectivity index (χ0) is 20.2. The molecule has 1 N–H and O–H groups in total. The lowest BCUT2D eigenvalue weighted by Crippen LogP contribution is -2.40. The second-order valence-electron chi connectivity index (χ2n) is 7.08. The van der Waals surface area contributed by atoms with E-state index in [0.717, 1.165) is 30.6 Å². The monoisotopic (exact) mass is 414 g/mol. The van der Waals surface area contributed by atoms with Crippen LogP contribution in [-0.2, 0) is 11.3 Å². The molecule has 1 aliphatic heterocycles. The van der Waals surface area contributed by atoms with Crippen LogP contribution in [0.5, 0.6) is 0 Å². The molecule has 1 unspecified atom stereocenters. The maximum absolute atomic E-state index is 13.1. The number of carbonyl (C=O) groups is 1. The first kappa shape index (κ1) is 19.5. The van der Waals surface area contributed by atoms with E-state index in [1.807, 2.05) is 0 Å². The highest BCUT2D eigenvalue weighted by atomic mass is 35.5. The Bertz CT molecular complexity index is 975. The predicted molar refractivity (Wildman–Crippen MR) is 108 cm³/mol. The zero-order valence-electron chi connectivity index (χ0n) is 15.6. The first-order valence-corrected chi connectivity index (χ1v) is 9.80. The van der Waals surface area contributed by atoms with Crippen LogP contribution in [0.2, 0.25) is 5.02 Å². The Morgan fingerprint density at radius 3 is 2.86 bits per heavy atom. The molecule has 4 rings (SSSR count). The van der Waals surface area contributed by atoms with Crippen molar-refractivity contribution < 1.29 is 13.6 Å². The second kappa shape index (κ2) is 8.71. The van der Waals surface area contributed by atoms with E-state index in [0.29, 0.717) is 29.8 Å². The number of carbonyl (C=O) groups excluding carboxylic acids is 1. The molecule has 3 heterocycles. The molecule has 8 heteroatoms. The van der Waals surface area contributed by atoms with Crippen molar-refractivity contribution in [1.29, 1.82) is 0 Å². The van der Waals surface area contributed by atoms with Gasteiger partial charge in [-0.15, -0.1) is 0 Å². The summed E-state index contributed by atoms with van der Waals surface area (Å²) in [5.41, 5.74) is 1.51. The van der Waals surface area contributed by atoms with Crippen LogP contribution < -0.4 is 5.32 Å². The molecule has 29 heavy (non-hydrogen) atoms. The van der Waals surface area contributed by atoms with Gasteiger partial charge < -0.3 is 9.73 Å². The van der Waals surface area contributed by atoms with Crippen LogP contribution in [0.15, 0.2) is 53.3 Å². The number of aromatic nitrogens is 2. The lowest BCUT2D eigenvalue weighted by atomic mass is 9.97. The molecule has 3 aromatic rings. The third kappa shape index (κ3) is 4.99. The third-order valence-corrected chi connectivity index (χ3v) is 5.11. The summed E-state index contributed by atoms with van der Waals surface area (Å²) in [6.45, 7) is 2.12. The smallest absolute Gasteiger partial charge is 0.229 e. The van der Waals surface area contributed by atoms with Crippen molar-refractivity contribution in [3.8, 4) is 11.5 Å². The van der Waals surface area contributed by atoms with Gasteiger partial charge >= 0.3 is 0 Å². The highest BCUT2D eigenvalue weighted by molar-refractivity contribution is 6.30. The van der Waals surface area contributed by atoms with Crippen molar-refractivity contribution in [2.45, 2.75) is 19.4 Å². The summed E-state index contributed by atoms with van der Waals surface area (Å²) in [5.74, 6) is 0.491. The summed E-state index contributed by atoms with van der Waals surface area (Å²) in [5, 5.41) is 3.38. The van der Waals surface area contributed by atoms with E-state index in [1.165, 1.54) is 18.3 Å². The van der Waals surface area contributed by atoms with E-state index in [2.05, 4.69) is 20.2 Å². The number of pyridine rings is 1. The number of hydrogen-bond donors (Lipinski definition) is 1. The normalized spacial score (nSPS) is 17.2. The van der Waals surface area contributed by atoms with Crippen LogP contribution in [0, 0.1) is 11.7 Å². The summed E-state index contributed by atoms with van der Waals surface area (Å²) >= 11 is 5.83. The molecule has 0 bridgehead atoms. The van der Waals surface area contributed by atoms with Gasteiger partial charge in [-0.3, -0.25) is 9.69 Å². The summed E-state index contributed by atoms with van der Waals surface area (Å²) in [7, 11) is 0. The minimum atomic E-state index is -0.299. The average molecular weight is 415 g/mol.